The van der Waals surface area contributed by atoms with Gasteiger partial charge in [-0.2, -0.15) is 4.98 Å². The predicted molar refractivity (Wildman–Crippen MR) is 143 cm³/mol. The zero-order valence-corrected chi connectivity index (χ0v) is 23.8. The molecule has 0 aromatic carbocycles. The molecular weight excluding hydrogens is 518 g/mol. The Morgan fingerprint density at radius 2 is 1.89 bits per heavy atom. The maximum Gasteiger partial charge on any atom is 0.416 e. The molecular formula is C25H34ClN5O5S. The number of aromatic nitrogens is 3. The highest BCUT2D eigenvalue weighted by Gasteiger charge is 2.28. The van der Waals surface area contributed by atoms with Crippen molar-refractivity contribution in [3.63, 3.8) is 0 Å². The molecule has 0 unspecified atom stereocenters. The molecule has 0 saturated carbocycles. The van der Waals surface area contributed by atoms with Crippen LogP contribution >= 0.6 is 22.9 Å². The van der Waals surface area contributed by atoms with E-state index in [2.05, 4.69) is 15.4 Å². The van der Waals surface area contributed by atoms with E-state index in [0.29, 0.717) is 17.8 Å². The second-order valence-electron chi connectivity index (χ2n) is 10.5. The van der Waals surface area contributed by atoms with E-state index >= 15 is 0 Å². The lowest BCUT2D eigenvalue weighted by atomic mass is 10.1. The molecule has 37 heavy (non-hydrogen) atoms. The van der Waals surface area contributed by atoms with Crippen LogP contribution in [0.4, 0.5) is 15.4 Å². The fourth-order valence-corrected chi connectivity index (χ4v) is 4.39. The molecule has 0 aliphatic carbocycles. The van der Waals surface area contributed by atoms with Crippen LogP contribution < -0.4 is 10.2 Å². The Hall–Kier alpha value is -2.89. The van der Waals surface area contributed by atoms with Crippen molar-refractivity contribution in [1.82, 2.24) is 19.9 Å². The largest absolute Gasteiger partial charge is 0.444 e. The number of halogens is 1. The molecule has 1 atom stereocenters. The Bertz CT molecular complexity index is 1220. The quantitative estimate of drug-likeness (QED) is 0.395. The van der Waals surface area contributed by atoms with Gasteiger partial charge in [0.2, 0.25) is 5.28 Å². The highest BCUT2D eigenvalue weighted by molar-refractivity contribution is 7.09. The molecule has 12 heteroatoms. The highest BCUT2D eigenvalue weighted by Crippen LogP contribution is 2.28. The molecule has 3 aromatic heterocycles. The van der Waals surface area contributed by atoms with E-state index in [0.717, 1.165) is 10.4 Å². The van der Waals surface area contributed by atoms with E-state index in [4.69, 9.17) is 25.8 Å². The van der Waals surface area contributed by atoms with Gasteiger partial charge < -0.3 is 19.5 Å². The van der Waals surface area contributed by atoms with Crippen LogP contribution in [0.2, 0.25) is 5.28 Å². The molecule has 0 aliphatic rings. The summed E-state index contributed by atoms with van der Waals surface area (Å²) in [5, 5.41) is 9.05. The molecule has 10 nitrogen and oxygen atoms in total. The van der Waals surface area contributed by atoms with Gasteiger partial charge in [0, 0.05) is 18.2 Å². The van der Waals surface area contributed by atoms with Crippen molar-refractivity contribution in [3.8, 4) is 0 Å². The summed E-state index contributed by atoms with van der Waals surface area (Å²) in [7, 11) is 1.56. The minimum atomic E-state index is -0.703. The third kappa shape index (κ3) is 8.58. The third-order valence-corrected chi connectivity index (χ3v) is 5.83. The average Bonchev–Trinajstić information content (AvgIpc) is 3.38. The molecule has 0 spiro atoms. The van der Waals surface area contributed by atoms with Crippen molar-refractivity contribution < 1.29 is 23.8 Å². The van der Waals surface area contributed by atoms with Gasteiger partial charge in [-0.3, -0.25) is 4.90 Å². The van der Waals surface area contributed by atoms with E-state index in [1.807, 2.05) is 23.6 Å². The van der Waals surface area contributed by atoms with Crippen molar-refractivity contribution in [2.45, 2.75) is 71.8 Å². The smallest absolute Gasteiger partial charge is 0.416 e. The van der Waals surface area contributed by atoms with E-state index < -0.39 is 23.4 Å². The van der Waals surface area contributed by atoms with Crippen LogP contribution in [0.5, 0.6) is 0 Å². The minimum Gasteiger partial charge on any atom is -0.444 e. The number of alkyl carbamates (subject to hydrolysis) is 1. The number of fused-ring (bicyclic) bond motifs is 1. The SMILES string of the molecule is COC[C@@H](Cc1cc2c(N(Cc3cccs3)C(=O)OC(C)(C)C)nc(Cl)nn2c1)NC(=O)OC(C)(C)C. The summed E-state index contributed by atoms with van der Waals surface area (Å²) in [5.74, 6) is 0.317. The maximum atomic E-state index is 13.3. The molecule has 3 rings (SSSR count). The Balaban J connectivity index is 1.95. The number of rotatable bonds is 8. The number of amides is 2. The summed E-state index contributed by atoms with van der Waals surface area (Å²) >= 11 is 7.79. The first-order valence-corrected chi connectivity index (χ1v) is 13.1. The van der Waals surface area contributed by atoms with Crippen LogP contribution in [0, 0.1) is 0 Å². The molecule has 1 N–H and O–H groups in total. The van der Waals surface area contributed by atoms with Crippen molar-refractivity contribution in [1.29, 1.82) is 0 Å². The van der Waals surface area contributed by atoms with Crippen molar-refractivity contribution in [2.75, 3.05) is 18.6 Å². The Kier molecular flexibility index (Phi) is 9.04. The van der Waals surface area contributed by atoms with E-state index in [1.54, 1.807) is 59.4 Å². The summed E-state index contributed by atoms with van der Waals surface area (Å²) in [6.07, 6.45) is 1.12. The number of carbonyl (C=O) groups excluding carboxylic acids is 2. The first-order valence-electron chi connectivity index (χ1n) is 11.8. The molecule has 3 aromatic rings. The Morgan fingerprint density at radius 3 is 2.49 bits per heavy atom. The van der Waals surface area contributed by atoms with E-state index in [9.17, 15) is 9.59 Å². The van der Waals surface area contributed by atoms with Crippen LogP contribution in [0.1, 0.15) is 52.0 Å². The van der Waals surface area contributed by atoms with Gasteiger partial charge in [-0.1, -0.05) is 6.07 Å². The van der Waals surface area contributed by atoms with Crippen LogP contribution in [-0.4, -0.2) is 57.7 Å². The van der Waals surface area contributed by atoms with Crippen LogP contribution in [0.15, 0.2) is 29.8 Å². The first-order chi connectivity index (χ1) is 17.2. The summed E-state index contributed by atoms with van der Waals surface area (Å²) in [4.78, 5) is 32.4. The van der Waals surface area contributed by atoms with Crippen molar-refractivity contribution >= 4 is 46.5 Å². The zero-order chi connectivity index (χ0) is 27.4. The lowest BCUT2D eigenvalue weighted by molar-refractivity contribution is 0.0468. The normalized spacial score (nSPS) is 12.9. The molecule has 2 amide bonds. The summed E-state index contributed by atoms with van der Waals surface area (Å²) < 4.78 is 17.9. The maximum absolute atomic E-state index is 13.3. The second kappa shape index (κ2) is 11.7. The first kappa shape index (κ1) is 28.7. The summed E-state index contributed by atoms with van der Waals surface area (Å²) in [6.45, 7) is 11.3. The molecule has 0 aliphatic heterocycles. The fourth-order valence-electron chi connectivity index (χ4n) is 3.53. The van der Waals surface area contributed by atoms with Gasteiger partial charge in [-0.15, -0.1) is 16.4 Å². The zero-order valence-electron chi connectivity index (χ0n) is 22.2. The molecule has 0 radical (unpaired) electrons. The van der Waals surface area contributed by atoms with Gasteiger partial charge in [0.15, 0.2) is 5.82 Å². The number of hydrogen-bond acceptors (Lipinski definition) is 8. The van der Waals surface area contributed by atoms with Crippen molar-refractivity contribution in [2.24, 2.45) is 0 Å². The lowest BCUT2D eigenvalue weighted by Crippen LogP contribution is -2.42. The number of nitrogens with zero attached hydrogens (tertiary/aromatic N) is 4. The molecule has 202 valence electrons. The van der Waals surface area contributed by atoms with Gasteiger partial charge in [0.25, 0.3) is 0 Å². The third-order valence-electron chi connectivity index (χ3n) is 4.81. The molecule has 3 heterocycles. The van der Waals surface area contributed by atoms with E-state index in [-0.39, 0.29) is 24.5 Å². The van der Waals surface area contributed by atoms with Crippen LogP contribution in [0.25, 0.3) is 5.52 Å². The molecule has 0 fully saturated rings. The van der Waals surface area contributed by atoms with Gasteiger partial charge in [-0.25, -0.2) is 14.1 Å². The molecule has 0 saturated heterocycles. The van der Waals surface area contributed by atoms with Crippen LogP contribution in [0.3, 0.4) is 0 Å². The van der Waals surface area contributed by atoms with Gasteiger partial charge in [0.1, 0.15) is 16.7 Å². The number of nitrogens with one attached hydrogen (secondary N) is 1. The van der Waals surface area contributed by atoms with E-state index in [1.165, 1.54) is 16.2 Å². The van der Waals surface area contributed by atoms with Gasteiger partial charge >= 0.3 is 12.2 Å². The summed E-state index contributed by atoms with van der Waals surface area (Å²) in [6, 6.07) is 5.34. The monoisotopic (exact) mass is 551 g/mol. The van der Waals surface area contributed by atoms with Gasteiger partial charge in [-0.05, 0) is 82.6 Å². The number of anilines is 1. The Morgan fingerprint density at radius 1 is 1.19 bits per heavy atom. The number of ether oxygens (including phenoxy) is 3. The fraction of sp³-hybridized carbons (Fsp3) is 0.520. The second-order valence-corrected chi connectivity index (χ2v) is 11.9. The van der Waals surface area contributed by atoms with Crippen LogP contribution in [-0.2, 0) is 27.2 Å². The predicted octanol–water partition coefficient (Wildman–Crippen LogP) is 5.47. The number of thiophene rings is 1. The number of methoxy groups -OCH3 is 1. The number of carbonyl (C=O) groups is 2. The van der Waals surface area contributed by atoms with Gasteiger partial charge in [0.05, 0.1) is 19.2 Å². The topological polar surface area (TPSA) is 107 Å². The minimum absolute atomic E-state index is 0.0234. The summed E-state index contributed by atoms with van der Waals surface area (Å²) in [5.41, 5.74) is 0.0687. The highest BCUT2D eigenvalue weighted by atomic mass is 35.5. The molecule has 0 bridgehead atoms. The van der Waals surface area contributed by atoms with Crippen molar-refractivity contribution in [3.05, 3.63) is 45.5 Å². The lowest BCUT2D eigenvalue weighted by Gasteiger charge is -2.26. The Labute approximate surface area is 225 Å². The number of hydrogen-bond donors (Lipinski definition) is 1. The standard InChI is InChI=1S/C25H34ClN5O5S/c1-24(2,3)35-22(32)27-17(15-34-7)11-16-12-19-20(28-21(26)29-31(19)13-16)30(14-18-9-8-10-37-18)23(33)36-25(4,5)6/h8-10,12-13,17H,11,14-15H2,1-7H3,(H,27,32)/t17-/m1/s1. The average molecular weight is 552 g/mol.